The fourth-order valence-corrected chi connectivity index (χ4v) is 2.08. The first-order valence-electron chi connectivity index (χ1n) is 5.24. The minimum atomic E-state index is 0.395. The highest BCUT2D eigenvalue weighted by Gasteiger charge is 2.25. The Morgan fingerprint density at radius 2 is 1.62 bits per heavy atom. The largest absolute Gasteiger partial charge is 0.373 e. The van der Waals surface area contributed by atoms with Gasteiger partial charge in [0.25, 0.3) is 0 Å². The summed E-state index contributed by atoms with van der Waals surface area (Å²) in [6.45, 7) is 14.5. The maximum atomic E-state index is 5.69. The quantitative estimate of drug-likeness (QED) is 0.620. The molecule has 2 nitrogen and oxygen atoms in total. The van der Waals surface area contributed by atoms with Crippen LogP contribution in [0.2, 0.25) is 0 Å². The van der Waals surface area contributed by atoms with Crippen LogP contribution in [0.3, 0.4) is 0 Å². The van der Waals surface area contributed by atoms with E-state index < -0.39 is 0 Å². The third-order valence-corrected chi connectivity index (χ3v) is 2.19. The molecule has 0 saturated carbocycles. The molecule has 2 atom stereocenters. The van der Waals surface area contributed by atoms with Crippen molar-refractivity contribution in [1.82, 2.24) is 4.90 Å². The monoisotopic (exact) mass is 185 g/mol. The fraction of sp³-hybridized carbons (Fsp3) is 1.00. The Bertz CT molecular complexity index is 152. The van der Waals surface area contributed by atoms with E-state index in [1.807, 2.05) is 0 Å². The number of ether oxygens (including phenoxy) is 1. The second kappa shape index (κ2) is 3.97. The summed E-state index contributed by atoms with van der Waals surface area (Å²) in [4.78, 5) is 2.51. The topological polar surface area (TPSA) is 12.5 Å². The standard InChI is InChI=1S/C11H23NO/c1-9-6-12(7-10(2)13-9)8-11(3,4)5/h9-10H,6-8H2,1-5H3. The Kier molecular flexibility index (Phi) is 3.36. The summed E-state index contributed by atoms with van der Waals surface area (Å²) in [5.74, 6) is 0. The number of morpholine rings is 1. The third kappa shape index (κ3) is 4.10. The first-order chi connectivity index (χ1) is 5.87. The Labute approximate surface area is 82.3 Å². The summed E-state index contributed by atoms with van der Waals surface area (Å²) >= 11 is 0. The molecule has 1 aliphatic heterocycles. The minimum absolute atomic E-state index is 0.395. The molecule has 0 aliphatic carbocycles. The highest BCUT2D eigenvalue weighted by molar-refractivity contribution is 4.77. The van der Waals surface area contributed by atoms with Crippen molar-refractivity contribution in [2.24, 2.45) is 5.41 Å². The van der Waals surface area contributed by atoms with E-state index in [2.05, 4.69) is 39.5 Å². The van der Waals surface area contributed by atoms with Crippen molar-refractivity contribution in [1.29, 1.82) is 0 Å². The van der Waals surface area contributed by atoms with E-state index in [1.54, 1.807) is 0 Å². The highest BCUT2D eigenvalue weighted by Crippen LogP contribution is 2.19. The smallest absolute Gasteiger partial charge is 0.0678 e. The van der Waals surface area contributed by atoms with Crippen molar-refractivity contribution in [3.8, 4) is 0 Å². The number of nitrogens with zero attached hydrogens (tertiary/aromatic N) is 1. The molecule has 0 radical (unpaired) electrons. The molecular formula is C11H23NO. The molecule has 0 amide bonds. The summed E-state index contributed by atoms with van der Waals surface area (Å²) in [6.07, 6.45) is 0.789. The number of hydrogen-bond acceptors (Lipinski definition) is 2. The van der Waals surface area contributed by atoms with Crippen LogP contribution in [0.15, 0.2) is 0 Å². The Morgan fingerprint density at radius 1 is 1.15 bits per heavy atom. The van der Waals surface area contributed by atoms with Crippen LogP contribution in [0, 0.1) is 5.41 Å². The first-order valence-corrected chi connectivity index (χ1v) is 5.24. The molecule has 1 fully saturated rings. The maximum Gasteiger partial charge on any atom is 0.0678 e. The lowest BCUT2D eigenvalue weighted by molar-refractivity contribution is -0.0746. The van der Waals surface area contributed by atoms with E-state index in [0.29, 0.717) is 17.6 Å². The summed E-state index contributed by atoms with van der Waals surface area (Å²) < 4.78 is 5.69. The van der Waals surface area contributed by atoms with Crippen molar-refractivity contribution in [3.05, 3.63) is 0 Å². The zero-order valence-corrected chi connectivity index (χ0v) is 9.63. The lowest BCUT2D eigenvalue weighted by atomic mass is 9.95. The Morgan fingerprint density at radius 3 is 2.00 bits per heavy atom. The van der Waals surface area contributed by atoms with Gasteiger partial charge in [0.15, 0.2) is 0 Å². The molecule has 0 aromatic heterocycles. The summed E-state index contributed by atoms with van der Waals surface area (Å²) in [5.41, 5.74) is 0.400. The second-order valence-electron chi connectivity index (χ2n) is 5.51. The molecule has 0 spiro atoms. The molecule has 0 aromatic carbocycles. The average Bonchev–Trinajstić information content (AvgIpc) is 1.78. The average molecular weight is 185 g/mol. The van der Waals surface area contributed by atoms with Crippen molar-refractivity contribution in [2.45, 2.75) is 46.8 Å². The van der Waals surface area contributed by atoms with Crippen LogP contribution < -0.4 is 0 Å². The van der Waals surface area contributed by atoms with Gasteiger partial charge in [-0.05, 0) is 19.3 Å². The third-order valence-electron chi connectivity index (χ3n) is 2.19. The fourth-order valence-electron chi connectivity index (χ4n) is 2.08. The maximum absolute atomic E-state index is 5.69. The molecule has 78 valence electrons. The van der Waals surface area contributed by atoms with E-state index in [9.17, 15) is 0 Å². The van der Waals surface area contributed by atoms with Crippen LogP contribution in [-0.4, -0.2) is 36.7 Å². The van der Waals surface area contributed by atoms with Crippen molar-refractivity contribution >= 4 is 0 Å². The van der Waals surface area contributed by atoms with Gasteiger partial charge in [-0.25, -0.2) is 0 Å². The molecule has 0 aromatic rings. The van der Waals surface area contributed by atoms with E-state index in [-0.39, 0.29) is 0 Å². The predicted octanol–water partition coefficient (Wildman–Crippen LogP) is 2.14. The van der Waals surface area contributed by atoms with Gasteiger partial charge in [-0.2, -0.15) is 0 Å². The lowest BCUT2D eigenvalue weighted by Crippen LogP contribution is -2.48. The van der Waals surface area contributed by atoms with Gasteiger partial charge in [0, 0.05) is 19.6 Å². The van der Waals surface area contributed by atoms with Gasteiger partial charge >= 0.3 is 0 Å². The van der Waals surface area contributed by atoms with Gasteiger partial charge in [-0.1, -0.05) is 20.8 Å². The molecule has 0 bridgehead atoms. The van der Waals surface area contributed by atoms with Crippen molar-refractivity contribution < 1.29 is 4.74 Å². The van der Waals surface area contributed by atoms with E-state index in [0.717, 1.165) is 13.1 Å². The van der Waals surface area contributed by atoms with Gasteiger partial charge < -0.3 is 4.74 Å². The molecule has 2 heteroatoms. The van der Waals surface area contributed by atoms with Crippen LogP contribution in [-0.2, 0) is 4.74 Å². The number of hydrogen-bond donors (Lipinski definition) is 0. The first kappa shape index (κ1) is 11.0. The molecule has 13 heavy (non-hydrogen) atoms. The Balaban J connectivity index is 2.42. The van der Waals surface area contributed by atoms with Crippen LogP contribution in [0.5, 0.6) is 0 Å². The SMILES string of the molecule is CC1CN(CC(C)(C)C)CC(C)O1. The second-order valence-corrected chi connectivity index (χ2v) is 5.51. The minimum Gasteiger partial charge on any atom is -0.373 e. The van der Waals surface area contributed by atoms with Gasteiger partial charge in [-0.3, -0.25) is 4.90 Å². The predicted molar refractivity (Wildman–Crippen MR) is 55.9 cm³/mol. The molecule has 1 aliphatic rings. The zero-order valence-electron chi connectivity index (χ0n) is 9.63. The van der Waals surface area contributed by atoms with Crippen molar-refractivity contribution in [2.75, 3.05) is 19.6 Å². The lowest BCUT2D eigenvalue weighted by Gasteiger charge is -2.38. The van der Waals surface area contributed by atoms with E-state index in [1.165, 1.54) is 6.54 Å². The normalized spacial score (nSPS) is 32.1. The van der Waals surface area contributed by atoms with Gasteiger partial charge in [0.05, 0.1) is 12.2 Å². The van der Waals surface area contributed by atoms with Crippen LogP contribution in [0.4, 0.5) is 0 Å². The van der Waals surface area contributed by atoms with Gasteiger partial charge in [-0.15, -0.1) is 0 Å². The molecule has 1 rings (SSSR count). The van der Waals surface area contributed by atoms with E-state index >= 15 is 0 Å². The van der Waals surface area contributed by atoms with E-state index in [4.69, 9.17) is 4.74 Å². The number of rotatable bonds is 1. The summed E-state index contributed by atoms with van der Waals surface area (Å²) in [5, 5.41) is 0. The molecular weight excluding hydrogens is 162 g/mol. The summed E-state index contributed by atoms with van der Waals surface area (Å²) in [6, 6.07) is 0. The highest BCUT2D eigenvalue weighted by atomic mass is 16.5. The van der Waals surface area contributed by atoms with Crippen LogP contribution >= 0.6 is 0 Å². The van der Waals surface area contributed by atoms with Gasteiger partial charge in [0.2, 0.25) is 0 Å². The molecule has 2 unspecified atom stereocenters. The van der Waals surface area contributed by atoms with Gasteiger partial charge in [0.1, 0.15) is 0 Å². The van der Waals surface area contributed by atoms with Crippen LogP contribution in [0.25, 0.3) is 0 Å². The molecule has 0 N–H and O–H groups in total. The summed E-state index contributed by atoms with van der Waals surface area (Å²) in [7, 11) is 0. The zero-order chi connectivity index (χ0) is 10.1. The van der Waals surface area contributed by atoms with Crippen LogP contribution in [0.1, 0.15) is 34.6 Å². The Hall–Kier alpha value is -0.0800. The van der Waals surface area contributed by atoms with Crippen molar-refractivity contribution in [3.63, 3.8) is 0 Å². The molecule has 1 heterocycles. The molecule has 1 saturated heterocycles.